The maximum Gasteiger partial charge on any atom is 0.408 e. The highest BCUT2D eigenvalue weighted by atomic mass is 35.5. The summed E-state index contributed by atoms with van der Waals surface area (Å²) in [6.45, 7) is 2.93. The van der Waals surface area contributed by atoms with Crippen molar-refractivity contribution in [3.05, 3.63) is 54.2 Å². The van der Waals surface area contributed by atoms with E-state index in [9.17, 15) is 13.2 Å². The molecule has 12 heteroatoms. The van der Waals surface area contributed by atoms with Gasteiger partial charge in [0.2, 0.25) is 0 Å². The van der Waals surface area contributed by atoms with E-state index in [1.165, 1.54) is 17.2 Å². The Hall–Kier alpha value is -2.66. The minimum Gasteiger partial charge on any atom is -0.494 e. The summed E-state index contributed by atoms with van der Waals surface area (Å²) in [5, 5.41) is 9.25. The van der Waals surface area contributed by atoms with Crippen LogP contribution in [-0.4, -0.2) is 56.4 Å². The topological polar surface area (TPSA) is 81.6 Å². The molecule has 4 aromatic rings. The fourth-order valence-corrected chi connectivity index (χ4v) is 4.38. The Balaban J connectivity index is 0.00000171. The molecule has 1 saturated heterocycles. The van der Waals surface area contributed by atoms with Crippen LogP contribution >= 0.6 is 24.8 Å². The summed E-state index contributed by atoms with van der Waals surface area (Å²) >= 11 is 0. The number of benzene rings is 1. The number of halogens is 5. The molecule has 5 rings (SSSR count). The van der Waals surface area contributed by atoms with Crippen LogP contribution in [0.25, 0.3) is 28.1 Å². The van der Waals surface area contributed by atoms with Gasteiger partial charge in [0, 0.05) is 36.8 Å². The summed E-state index contributed by atoms with van der Waals surface area (Å²) in [5.74, 6) is 1.06. The zero-order chi connectivity index (χ0) is 23.2. The quantitative estimate of drug-likeness (QED) is 0.399. The molecule has 2 N–H and O–H groups in total. The van der Waals surface area contributed by atoms with Crippen molar-refractivity contribution in [1.29, 1.82) is 0 Å². The molecule has 0 amide bonds. The minimum absolute atomic E-state index is 0. The van der Waals surface area contributed by atoms with E-state index in [2.05, 4.69) is 15.2 Å². The average molecular weight is 529 g/mol. The molecule has 0 saturated carbocycles. The molecular formula is C23H25Cl2F3N6O. The average Bonchev–Trinajstić information content (AvgIpc) is 3.38. The van der Waals surface area contributed by atoms with E-state index in [1.54, 1.807) is 16.5 Å². The summed E-state index contributed by atoms with van der Waals surface area (Å²) in [7, 11) is 0. The van der Waals surface area contributed by atoms with Gasteiger partial charge in [-0.05, 0) is 43.2 Å². The third-order valence-corrected chi connectivity index (χ3v) is 5.88. The second kappa shape index (κ2) is 10.5. The number of nitrogens with zero attached hydrogens (tertiary/aromatic N) is 5. The molecule has 3 aromatic heterocycles. The van der Waals surface area contributed by atoms with Crippen LogP contribution in [0.2, 0.25) is 0 Å². The molecule has 7 nitrogen and oxygen atoms in total. The van der Waals surface area contributed by atoms with E-state index >= 15 is 0 Å². The van der Waals surface area contributed by atoms with Gasteiger partial charge < -0.3 is 10.5 Å². The van der Waals surface area contributed by atoms with E-state index in [1.807, 2.05) is 31.2 Å². The molecule has 0 aliphatic carbocycles. The molecule has 0 radical (unpaired) electrons. The Kier molecular flexibility index (Phi) is 8.10. The van der Waals surface area contributed by atoms with Gasteiger partial charge in [-0.1, -0.05) is 12.1 Å². The molecule has 0 bridgehead atoms. The number of ether oxygens (including phenoxy) is 1. The van der Waals surface area contributed by atoms with Gasteiger partial charge in [0.25, 0.3) is 0 Å². The summed E-state index contributed by atoms with van der Waals surface area (Å²) in [6, 6.07) is 10.3. The van der Waals surface area contributed by atoms with Crippen molar-refractivity contribution < 1.29 is 17.9 Å². The van der Waals surface area contributed by atoms with E-state index in [4.69, 9.17) is 10.5 Å². The lowest BCUT2D eigenvalue weighted by atomic mass is 10.1. The van der Waals surface area contributed by atoms with E-state index < -0.39 is 12.2 Å². The largest absolute Gasteiger partial charge is 0.494 e. The number of fused-ring (bicyclic) bond motifs is 2. The van der Waals surface area contributed by atoms with Crippen molar-refractivity contribution >= 4 is 41.4 Å². The second-order valence-corrected chi connectivity index (χ2v) is 8.19. The lowest BCUT2D eigenvalue weighted by Gasteiger charge is -2.30. The summed E-state index contributed by atoms with van der Waals surface area (Å²) < 4.78 is 49.3. The Bertz CT molecular complexity index is 1320. The number of alkyl halides is 3. The van der Waals surface area contributed by atoms with Crippen molar-refractivity contribution in [2.75, 3.05) is 19.7 Å². The Morgan fingerprint density at radius 2 is 1.89 bits per heavy atom. The van der Waals surface area contributed by atoms with Crippen molar-refractivity contribution in [2.24, 2.45) is 5.73 Å². The minimum atomic E-state index is -4.44. The number of rotatable bonds is 5. The van der Waals surface area contributed by atoms with Crippen LogP contribution in [0.1, 0.15) is 24.9 Å². The Morgan fingerprint density at radius 3 is 2.57 bits per heavy atom. The van der Waals surface area contributed by atoms with Gasteiger partial charge in [0.15, 0.2) is 11.5 Å². The van der Waals surface area contributed by atoms with Crippen LogP contribution in [0.3, 0.4) is 0 Å². The SMILES string of the molecule is CCOc1ccc2ccc(-c3nnc4ccc([C@H](N5CC[C@H](N)C5)C(F)(F)F)cn34)nc2c1.Cl.Cl. The molecule has 4 heterocycles. The third kappa shape index (κ3) is 5.30. The molecule has 1 fully saturated rings. The molecule has 1 aliphatic rings. The maximum absolute atomic E-state index is 14.1. The van der Waals surface area contributed by atoms with Crippen molar-refractivity contribution in [2.45, 2.75) is 31.6 Å². The summed E-state index contributed by atoms with van der Waals surface area (Å²) in [5.41, 5.74) is 7.65. The van der Waals surface area contributed by atoms with Gasteiger partial charge in [0.1, 0.15) is 17.5 Å². The third-order valence-electron chi connectivity index (χ3n) is 5.88. The van der Waals surface area contributed by atoms with Crippen LogP contribution in [0, 0.1) is 0 Å². The van der Waals surface area contributed by atoms with Gasteiger partial charge in [-0.3, -0.25) is 9.30 Å². The van der Waals surface area contributed by atoms with Gasteiger partial charge in [0.05, 0.1) is 12.1 Å². The first-order valence-electron chi connectivity index (χ1n) is 10.8. The first-order valence-corrected chi connectivity index (χ1v) is 10.8. The Morgan fingerprint density at radius 1 is 1.11 bits per heavy atom. The first kappa shape index (κ1) is 26.9. The predicted molar refractivity (Wildman–Crippen MR) is 132 cm³/mol. The van der Waals surface area contributed by atoms with Crippen molar-refractivity contribution in [1.82, 2.24) is 24.5 Å². The van der Waals surface area contributed by atoms with Gasteiger partial charge in [-0.15, -0.1) is 35.0 Å². The predicted octanol–water partition coefficient (Wildman–Crippen LogP) is 4.82. The number of pyridine rings is 2. The summed E-state index contributed by atoms with van der Waals surface area (Å²) in [4.78, 5) is 6.06. The van der Waals surface area contributed by atoms with Crippen LogP contribution < -0.4 is 10.5 Å². The van der Waals surface area contributed by atoms with Gasteiger partial charge >= 0.3 is 6.18 Å². The smallest absolute Gasteiger partial charge is 0.408 e. The highest BCUT2D eigenvalue weighted by molar-refractivity contribution is 5.85. The Labute approximate surface area is 212 Å². The number of nitrogens with two attached hydrogens (primary N) is 1. The highest BCUT2D eigenvalue weighted by Crippen LogP contribution is 2.39. The van der Waals surface area contributed by atoms with E-state index in [0.29, 0.717) is 48.0 Å². The zero-order valence-electron chi connectivity index (χ0n) is 18.8. The molecule has 1 aromatic carbocycles. The van der Waals surface area contributed by atoms with E-state index in [0.717, 1.165) is 5.39 Å². The molecule has 1 aliphatic heterocycles. The zero-order valence-corrected chi connectivity index (χ0v) is 20.4. The molecule has 0 unspecified atom stereocenters. The molecular weight excluding hydrogens is 504 g/mol. The van der Waals surface area contributed by atoms with Gasteiger partial charge in [-0.25, -0.2) is 4.98 Å². The molecule has 188 valence electrons. The first-order chi connectivity index (χ1) is 15.8. The van der Waals surface area contributed by atoms with Crippen LogP contribution in [0.15, 0.2) is 48.7 Å². The number of aromatic nitrogens is 4. The van der Waals surface area contributed by atoms with Crippen molar-refractivity contribution in [3.63, 3.8) is 0 Å². The fourth-order valence-electron chi connectivity index (χ4n) is 4.38. The molecule has 35 heavy (non-hydrogen) atoms. The maximum atomic E-state index is 14.1. The molecule has 2 atom stereocenters. The van der Waals surface area contributed by atoms with Crippen molar-refractivity contribution in [3.8, 4) is 17.3 Å². The van der Waals surface area contributed by atoms with E-state index in [-0.39, 0.29) is 43.0 Å². The van der Waals surface area contributed by atoms with Crippen LogP contribution in [0.5, 0.6) is 5.75 Å². The molecule has 0 spiro atoms. The standard InChI is InChI=1S/C23H23F3N6O.2ClH/c1-2-33-17-6-3-14-4-7-18(28-19(14)11-17)22-30-29-20-8-5-15(12-32(20)22)21(23(24,25)26)31-10-9-16(27)13-31;;/h3-8,11-12,16,21H,2,9-10,13,27H2,1H3;2*1H/t16-,21-;;/m0../s1. The number of likely N-dealkylation sites (tertiary alicyclic amines) is 1. The van der Waals surface area contributed by atoms with Gasteiger partial charge in [-0.2, -0.15) is 13.2 Å². The lowest BCUT2D eigenvalue weighted by molar-refractivity contribution is -0.183. The fraction of sp³-hybridized carbons (Fsp3) is 0.348. The second-order valence-electron chi connectivity index (χ2n) is 8.19. The highest BCUT2D eigenvalue weighted by Gasteiger charge is 2.46. The number of hydrogen-bond acceptors (Lipinski definition) is 6. The monoisotopic (exact) mass is 528 g/mol. The summed E-state index contributed by atoms with van der Waals surface area (Å²) in [6.07, 6.45) is -2.45. The van der Waals surface area contributed by atoms with Crippen LogP contribution in [-0.2, 0) is 0 Å². The normalized spacial score (nSPS) is 17.2. The van der Waals surface area contributed by atoms with Crippen LogP contribution in [0.4, 0.5) is 13.2 Å². The lowest BCUT2D eigenvalue weighted by Crippen LogP contribution is -2.38. The number of hydrogen-bond donors (Lipinski definition) is 1.